The number of methoxy groups -OCH3 is 1. The molecule has 0 aromatic heterocycles. The molecule has 1 saturated carbocycles. The van der Waals surface area contributed by atoms with Crippen LogP contribution in [0, 0.1) is 5.92 Å². The van der Waals surface area contributed by atoms with Crippen LogP contribution in [0.3, 0.4) is 0 Å². The minimum atomic E-state index is -0.397. The number of likely N-dealkylation sites (tertiary alicyclic amines) is 1. The van der Waals surface area contributed by atoms with Crippen LogP contribution in [-0.4, -0.2) is 49.0 Å². The first-order valence-electron chi connectivity index (χ1n) is 8.64. The Balaban J connectivity index is 1.85. The predicted molar refractivity (Wildman–Crippen MR) is 98.0 cm³/mol. The maximum absolute atomic E-state index is 10.8. The minimum Gasteiger partial charge on any atom is -0.492 e. The number of piperidine rings is 1. The smallest absolute Gasteiger partial charge is 0.176 e. The summed E-state index contributed by atoms with van der Waals surface area (Å²) in [4.78, 5) is 2.51. The third-order valence-electron chi connectivity index (χ3n) is 6.92. The van der Waals surface area contributed by atoms with E-state index in [0.717, 1.165) is 52.7 Å². The van der Waals surface area contributed by atoms with Gasteiger partial charge in [0.1, 0.15) is 6.10 Å². The Labute approximate surface area is 158 Å². The fourth-order valence-corrected chi connectivity index (χ4v) is 7.07. The maximum Gasteiger partial charge on any atom is 0.176 e. The summed E-state index contributed by atoms with van der Waals surface area (Å²) in [7, 11) is 3.93. The monoisotopic (exact) mass is 457 g/mol. The summed E-state index contributed by atoms with van der Waals surface area (Å²) in [6.45, 7) is 1.06. The van der Waals surface area contributed by atoms with Gasteiger partial charge in [-0.15, -0.1) is 0 Å². The number of benzene rings is 1. The fourth-order valence-electron chi connectivity index (χ4n) is 5.95. The van der Waals surface area contributed by atoms with Gasteiger partial charge in [-0.2, -0.15) is 0 Å². The Morgan fingerprint density at radius 1 is 1.29 bits per heavy atom. The molecule has 1 saturated heterocycles. The van der Waals surface area contributed by atoms with Crippen LogP contribution in [0.1, 0.15) is 30.4 Å². The molecule has 2 aliphatic carbocycles. The standard InChI is InChI=1S/C18H21Br2NO3/c1-21-6-5-18-9-3-4-11(22)17(18)24-15-12(18)8(7-10(9)21)13(19)14(20)16(15)23-2/h9-11,17,22H,3-7H2,1-2H3/t9-,10+,11-,17-,18-/m0/s1. The van der Waals surface area contributed by atoms with Crippen LogP contribution in [0.5, 0.6) is 11.5 Å². The van der Waals surface area contributed by atoms with Crippen LogP contribution in [0.4, 0.5) is 0 Å². The normalized spacial score (nSPS) is 39.4. The molecule has 0 amide bonds. The topological polar surface area (TPSA) is 41.9 Å². The van der Waals surface area contributed by atoms with E-state index >= 15 is 0 Å². The second kappa shape index (κ2) is 5.12. The lowest BCUT2D eigenvalue weighted by molar-refractivity contribution is -0.0994. The first kappa shape index (κ1) is 15.9. The Bertz CT molecular complexity index is 740. The Hall–Kier alpha value is -0.300. The molecule has 4 nitrogen and oxygen atoms in total. The Morgan fingerprint density at radius 2 is 2.08 bits per heavy atom. The van der Waals surface area contributed by atoms with Crippen molar-refractivity contribution >= 4 is 31.9 Å². The van der Waals surface area contributed by atoms with Crippen molar-refractivity contribution in [3.05, 3.63) is 20.1 Å². The highest BCUT2D eigenvalue weighted by atomic mass is 79.9. The molecule has 4 aliphatic rings. The van der Waals surface area contributed by atoms with Gasteiger partial charge in [-0.05, 0) is 82.6 Å². The zero-order chi connectivity index (χ0) is 16.8. The Morgan fingerprint density at radius 3 is 2.83 bits per heavy atom. The molecule has 1 N–H and O–H groups in total. The van der Waals surface area contributed by atoms with E-state index in [1.165, 1.54) is 11.1 Å². The summed E-state index contributed by atoms with van der Waals surface area (Å²) in [6, 6.07) is 0.521. The summed E-state index contributed by atoms with van der Waals surface area (Å²) in [5, 5.41) is 10.8. The number of nitrogens with zero attached hydrogens (tertiary/aromatic N) is 1. The number of halogens is 2. The van der Waals surface area contributed by atoms with Crippen LogP contribution in [0.15, 0.2) is 8.95 Å². The second-order valence-electron chi connectivity index (χ2n) is 7.68. The van der Waals surface area contributed by atoms with Crippen LogP contribution in [0.25, 0.3) is 0 Å². The largest absolute Gasteiger partial charge is 0.492 e. The molecule has 2 aliphatic heterocycles. The number of aliphatic hydroxyl groups is 1. The molecular formula is C18H21Br2NO3. The van der Waals surface area contributed by atoms with E-state index in [9.17, 15) is 5.11 Å². The van der Waals surface area contributed by atoms with Gasteiger partial charge in [-0.3, -0.25) is 0 Å². The first-order chi connectivity index (χ1) is 11.5. The molecule has 0 radical (unpaired) electrons. The molecule has 24 heavy (non-hydrogen) atoms. The van der Waals surface area contributed by atoms with Crippen molar-refractivity contribution in [1.29, 1.82) is 0 Å². The van der Waals surface area contributed by atoms with Crippen molar-refractivity contribution in [3.63, 3.8) is 0 Å². The van der Waals surface area contributed by atoms with Gasteiger partial charge in [0, 0.05) is 21.5 Å². The quantitative estimate of drug-likeness (QED) is 0.701. The van der Waals surface area contributed by atoms with Gasteiger partial charge >= 0.3 is 0 Å². The molecule has 2 bridgehead atoms. The highest BCUT2D eigenvalue weighted by Gasteiger charge is 2.65. The van der Waals surface area contributed by atoms with Crippen molar-refractivity contribution in [3.8, 4) is 11.5 Å². The molecule has 2 fully saturated rings. The van der Waals surface area contributed by atoms with Gasteiger partial charge < -0.3 is 19.5 Å². The predicted octanol–water partition coefficient (Wildman–Crippen LogP) is 3.25. The average molecular weight is 459 g/mol. The summed E-state index contributed by atoms with van der Waals surface area (Å²) >= 11 is 7.49. The molecule has 5 rings (SSSR count). The molecule has 2 heterocycles. The van der Waals surface area contributed by atoms with E-state index in [4.69, 9.17) is 9.47 Å². The van der Waals surface area contributed by atoms with E-state index in [1.54, 1.807) is 7.11 Å². The van der Waals surface area contributed by atoms with E-state index in [-0.39, 0.29) is 11.5 Å². The SMILES string of the molecule is COc1c(Br)c(Br)c2c3c1O[C@H]1[C@@H](O)CC[C@H]4[C@@H](C2)N(C)CC[C@@]341. The third-order valence-corrected chi connectivity index (χ3v) is 9.08. The van der Waals surface area contributed by atoms with Crippen molar-refractivity contribution in [1.82, 2.24) is 4.90 Å². The number of hydrogen-bond donors (Lipinski definition) is 1. The van der Waals surface area contributed by atoms with Crippen molar-refractivity contribution in [2.45, 2.75) is 49.3 Å². The first-order valence-corrected chi connectivity index (χ1v) is 10.2. The van der Waals surface area contributed by atoms with Gasteiger partial charge in [0.2, 0.25) is 0 Å². The van der Waals surface area contributed by atoms with E-state index in [1.807, 2.05) is 0 Å². The lowest BCUT2D eigenvalue weighted by atomic mass is 9.51. The summed E-state index contributed by atoms with van der Waals surface area (Å²) in [5.74, 6) is 2.17. The lowest BCUT2D eigenvalue weighted by Gasteiger charge is -2.58. The van der Waals surface area contributed by atoms with Crippen LogP contribution in [0.2, 0.25) is 0 Å². The number of aliphatic hydroxyl groups excluding tert-OH is 1. The second-order valence-corrected chi connectivity index (χ2v) is 9.26. The number of ether oxygens (including phenoxy) is 2. The van der Waals surface area contributed by atoms with Crippen LogP contribution >= 0.6 is 31.9 Å². The van der Waals surface area contributed by atoms with Crippen molar-refractivity contribution in [2.75, 3.05) is 20.7 Å². The van der Waals surface area contributed by atoms with E-state index in [2.05, 4.69) is 43.8 Å². The summed E-state index contributed by atoms with van der Waals surface area (Å²) in [5.41, 5.74) is 2.59. The molecule has 6 heteroatoms. The minimum absolute atomic E-state index is 0.0612. The molecule has 1 spiro atoms. The van der Waals surface area contributed by atoms with Gasteiger partial charge in [-0.1, -0.05) is 0 Å². The van der Waals surface area contributed by atoms with Crippen LogP contribution < -0.4 is 9.47 Å². The fraction of sp³-hybridized carbons (Fsp3) is 0.667. The Kier molecular flexibility index (Phi) is 3.39. The summed E-state index contributed by atoms with van der Waals surface area (Å²) < 4.78 is 14.1. The van der Waals surface area contributed by atoms with Crippen molar-refractivity contribution < 1.29 is 14.6 Å². The number of likely N-dealkylation sites (N-methyl/N-ethyl adjacent to an activating group) is 1. The zero-order valence-corrected chi connectivity index (χ0v) is 17.0. The number of rotatable bonds is 1. The lowest BCUT2D eigenvalue weighted by Crippen LogP contribution is -2.66. The summed E-state index contributed by atoms with van der Waals surface area (Å²) in [6.07, 6.45) is 3.44. The highest BCUT2D eigenvalue weighted by molar-refractivity contribution is 9.13. The van der Waals surface area contributed by atoms with E-state index in [0.29, 0.717) is 12.0 Å². The van der Waals surface area contributed by atoms with E-state index < -0.39 is 6.10 Å². The van der Waals surface area contributed by atoms with Crippen molar-refractivity contribution in [2.24, 2.45) is 5.92 Å². The maximum atomic E-state index is 10.8. The molecule has 130 valence electrons. The molecule has 1 aromatic rings. The number of hydrogen-bond acceptors (Lipinski definition) is 4. The molecular weight excluding hydrogens is 438 g/mol. The van der Waals surface area contributed by atoms with Crippen LogP contribution in [-0.2, 0) is 11.8 Å². The third kappa shape index (κ3) is 1.67. The molecule has 5 atom stereocenters. The molecule has 0 unspecified atom stereocenters. The highest BCUT2D eigenvalue weighted by Crippen LogP contribution is 2.66. The average Bonchev–Trinajstić information content (AvgIpc) is 2.91. The van der Waals surface area contributed by atoms with Gasteiger partial charge in [0.25, 0.3) is 0 Å². The van der Waals surface area contributed by atoms with Gasteiger partial charge in [0.05, 0.1) is 17.7 Å². The zero-order valence-electron chi connectivity index (χ0n) is 13.8. The molecule has 1 aromatic carbocycles. The van der Waals surface area contributed by atoms with Gasteiger partial charge in [0.15, 0.2) is 11.5 Å². The van der Waals surface area contributed by atoms with Gasteiger partial charge in [-0.25, -0.2) is 0 Å².